The molecule has 1 atom stereocenters. The number of benzene rings is 1. The standard InChI is InChI=1S/C13H14ClNO/c1-10(14)13-15-9-12(16-13)8-7-11-5-3-2-4-6-11/h2-6,9-10H,7-8H2,1H3. The molecular formula is C13H14ClNO. The fourth-order valence-electron chi connectivity index (χ4n) is 1.53. The van der Waals surface area contributed by atoms with Gasteiger partial charge in [-0.3, -0.25) is 0 Å². The molecule has 1 heterocycles. The van der Waals surface area contributed by atoms with Gasteiger partial charge in [-0.05, 0) is 18.9 Å². The molecule has 0 spiro atoms. The fourth-order valence-corrected chi connectivity index (χ4v) is 1.64. The van der Waals surface area contributed by atoms with Crippen molar-refractivity contribution in [2.75, 3.05) is 0 Å². The molecular weight excluding hydrogens is 222 g/mol. The quantitative estimate of drug-likeness (QED) is 0.755. The summed E-state index contributed by atoms with van der Waals surface area (Å²) in [7, 11) is 0. The second kappa shape index (κ2) is 5.17. The van der Waals surface area contributed by atoms with Crippen LogP contribution < -0.4 is 0 Å². The molecule has 0 radical (unpaired) electrons. The Morgan fingerprint density at radius 3 is 2.62 bits per heavy atom. The molecule has 0 saturated carbocycles. The molecule has 16 heavy (non-hydrogen) atoms. The van der Waals surface area contributed by atoms with Gasteiger partial charge in [0.2, 0.25) is 5.89 Å². The zero-order valence-corrected chi connectivity index (χ0v) is 9.95. The Morgan fingerprint density at radius 2 is 2.00 bits per heavy atom. The monoisotopic (exact) mass is 235 g/mol. The molecule has 1 aromatic carbocycles. The van der Waals surface area contributed by atoms with Crippen molar-refractivity contribution in [3.63, 3.8) is 0 Å². The van der Waals surface area contributed by atoms with E-state index >= 15 is 0 Å². The van der Waals surface area contributed by atoms with Crippen LogP contribution in [0.2, 0.25) is 0 Å². The molecule has 0 amide bonds. The number of oxazole rings is 1. The highest BCUT2D eigenvalue weighted by atomic mass is 35.5. The van der Waals surface area contributed by atoms with E-state index in [1.807, 2.05) is 25.1 Å². The van der Waals surface area contributed by atoms with E-state index in [0.717, 1.165) is 18.6 Å². The number of hydrogen-bond acceptors (Lipinski definition) is 2. The Bertz CT molecular complexity index is 436. The van der Waals surface area contributed by atoms with Crippen LogP contribution in [0.4, 0.5) is 0 Å². The van der Waals surface area contributed by atoms with Crippen LogP contribution in [-0.4, -0.2) is 4.98 Å². The maximum absolute atomic E-state index is 5.88. The van der Waals surface area contributed by atoms with Crippen molar-refractivity contribution in [3.05, 3.63) is 53.7 Å². The normalized spacial score (nSPS) is 12.6. The third kappa shape index (κ3) is 2.86. The zero-order valence-electron chi connectivity index (χ0n) is 9.19. The third-order valence-corrected chi connectivity index (χ3v) is 2.60. The largest absolute Gasteiger partial charge is 0.444 e. The molecule has 0 bridgehead atoms. The second-order valence-electron chi connectivity index (χ2n) is 3.77. The van der Waals surface area contributed by atoms with Gasteiger partial charge in [0.05, 0.1) is 6.20 Å². The molecule has 1 unspecified atom stereocenters. The minimum Gasteiger partial charge on any atom is -0.444 e. The number of alkyl halides is 1. The van der Waals surface area contributed by atoms with Crippen molar-refractivity contribution in [1.82, 2.24) is 4.98 Å². The van der Waals surface area contributed by atoms with Crippen LogP contribution >= 0.6 is 11.6 Å². The molecule has 0 aliphatic carbocycles. The highest BCUT2D eigenvalue weighted by molar-refractivity contribution is 6.20. The topological polar surface area (TPSA) is 26.0 Å². The highest BCUT2D eigenvalue weighted by Crippen LogP contribution is 2.19. The Morgan fingerprint density at radius 1 is 1.25 bits per heavy atom. The smallest absolute Gasteiger partial charge is 0.212 e. The van der Waals surface area contributed by atoms with Gasteiger partial charge in [0.25, 0.3) is 0 Å². The molecule has 2 aromatic rings. The van der Waals surface area contributed by atoms with Gasteiger partial charge in [0.1, 0.15) is 11.1 Å². The number of rotatable bonds is 4. The Hall–Kier alpha value is -1.28. The first-order valence-corrected chi connectivity index (χ1v) is 5.82. The number of aromatic nitrogens is 1. The van der Waals surface area contributed by atoms with Crippen LogP contribution in [0.1, 0.15) is 29.5 Å². The Kier molecular flexibility index (Phi) is 3.62. The summed E-state index contributed by atoms with van der Waals surface area (Å²) in [4.78, 5) is 4.13. The molecule has 0 saturated heterocycles. The van der Waals surface area contributed by atoms with Gasteiger partial charge in [0, 0.05) is 6.42 Å². The van der Waals surface area contributed by atoms with Gasteiger partial charge in [-0.1, -0.05) is 30.3 Å². The highest BCUT2D eigenvalue weighted by Gasteiger charge is 2.08. The first kappa shape index (κ1) is 11.2. The van der Waals surface area contributed by atoms with Crippen LogP contribution in [0.15, 0.2) is 40.9 Å². The summed E-state index contributed by atoms with van der Waals surface area (Å²) in [6.45, 7) is 1.86. The predicted molar refractivity (Wildman–Crippen MR) is 64.6 cm³/mol. The van der Waals surface area contributed by atoms with E-state index in [1.54, 1.807) is 6.20 Å². The van der Waals surface area contributed by atoms with Crippen molar-refractivity contribution in [2.45, 2.75) is 25.1 Å². The fraction of sp³-hybridized carbons (Fsp3) is 0.308. The maximum atomic E-state index is 5.88. The molecule has 0 fully saturated rings. The summed E-state index contributed by atoms with van der Waals surface area (Å²) in [5, 5.41) is -0.162. The summed E-state index contributed by atoms with van der Waals surface area (Å²) in [5.74, 6) is 1.50. The number of hydrogen-bond donors (Lipinski definition) is 0. The third-order valence-electron chi connectivity index (χ3n) is 2.41. The van der Waals surface area contributed by atoms with E-state index in [1.165, 1.54) is 5.56 Å². The van der Waals surface area contributed by atoms with E-state index < -0.39 is 0 Å². The predicted octanol–water partition coefficient (Wildman–Crippen LogP) is 3.76. The number of halogens is 1. The van der Waals surface area contributed by atoms with Crippen LogP contribution in [0.5, 0.6) is 0 Å². The molecule has 1 aromatic heterocycles. The van der Waals surface area contributed by atoms with E-state index in [2.05, 4.69) is 17.1 Å². The van der Waals surface area contributed by atoms with Gasteiger partial charge in [-0.2, -0.15) is 0 Å². The van der Waals surface area contributed by atoms with Crippen LogP contribution in [-0.2, 0) is 12.8 Å². The Labute approximate surface area is 100 Å². The van der Waals surface area contributed by atoms with Crippen LogP contribution in [0.25, 0.3) is 0 Å². The van der Waals surface area contributed by atoms with E-state index in [-0.39, 0.29) is 5.38 Å². The van der Waals surface area contributed by atoms with Crippen molar-refractivity contribution in [1.29, 1.82) is 0 Å². The molecule has 0 aliphatic heterocycles. The van der Waals surface area contributed by atoms with Gasteiger partial charge >= 0.3 is 0 Å². The maximum Gasteiger partial charge on any atom is 0.212 e. The summed E-state index contributed by atoms with van der Waals surface area (Å²) in [6, 6.07) is 10.3. The van der Waals surface area contributed by atoms with Gasteiger partial charge < -0.3 is 4.42 Å². The second-order valence-corrected chi connectivity index (χ2v) is 4.42. The van der Waals surface area contributed by atoms with E-state index in [9.17, 15) is 0 Å². The lowest BCUT2D eigenvalue weighted by atomic mass is 10.1. The lowest BCUT2D eigenvalue weighted by Gasteiger charge is -1.98. The summed E-state index contributed by atoms with van der Waals surface area (Å²) in [6.07, 6.45) is 3.59. The number of aryl methyl sites for hydroxylation is 2. The minimum absolute atomic E-state index is 0.162. The van der Waals surface area contributed by atoms with Gasteiger partial charge in [-0.25, -0.2) is 4.98 Å². The minimum atomic E-state index is -0.162. The van der Waals surface area contributed by atoms with E-state index in [4.69, 9.17) is 16.0 Å². The number of nitrogens with zero attached hydrogens (tertiary/aromatic N) is 1. The average Bonchev–Trinajstić information content (AvgIpc) is 2.76. The van der Waals surface area contributed by atoms with Crippen molar-refractivity contribution in [2.24, 2.45) is 0 Å². The lowest BCUT2D eigenvalue weighted by Crippen LogP contribution is -1.88. The van der Waals surface area contributed by atoms with E-state index in [0.29, 0.717) is 5.89 Å². The zero-order chi connectivity index (χ0) is 11.4. The molecule has 3 heteroatoms. The first-order chi connectivity index (χ1) is 7.75. The molecule has 2 rings (SSSR count). The summed E-state index contributed by atoms with van der Waals surface area (Å²) in [5.41, 5.74) is 1.30. The summed E-state index contributed by atoms with van der Waals surface area (Å²) < 4.78 is 5.52. The van der Waals surface area contributed by atoms with Gasteiger partial charge in [0.15, 0.2) is 0 Å². The summed E-state index contributed by atoms with van der Waals surface area (Å²) >= 11 is 5.88. The van der Waals surface area contributed by atoms with Crippen molar-refractivity contribution >= 4 is 11.6 Å². The van der Waals surface area contributed by atoms with Gasteiger partial charge in [-0.15, -0.1) is 11.6 Å². The molecule has 0 N–H and O–H groups in total. The van der Waals surface area contributed by atoms with Crippen LogP contribution in [0, 0.1) is 0 Å². The average molecular weight is 236 g/mol. The van der Waals surface area contributed by atoms with Crippen molar-refractivity contribution in [3.8, 4) is 0 Å². The first-order valence-electron chi connectivity index (χ1n) is 5.38. The molecule has 0 aliphatic rings. The molecule has 84 valence electrons. The lowest BCUT2D eigenvalue weighted by molar-refractivity contribution is 0.455. The Balaban J connectivity index is 1.95. The SMILES string of the molecule is CC(Cl)c1ncc(CCc2ccccc2)o1. The molecule has 2 nitrogen and oxygen atoms in total. The van der Waals surface area contributed by atoms with Crippen LogP contribution in [0.3, 0.4) is 0 Å². The van der Waals surface area contributed by atoms with Crippen molar-refractivity contribution < 1.29 is 4.42 Å².